The first-order chi connectivity index (χ1) is 20.1. The molecule has 3 aromatic rings. The maximum atomic E-state index is 12.7. The van der Waals surface area contributed by atoms with Crippen LogP contribution in [0.1, 0.15) is 19.8 Å². The molecule has 1 fully saturated rings. The maximum Gasteiger partial charge on any atom is 0.309 e. The molecule has 1 saturated heterocycles. The van der Waals surface area contributed by atoms with Crippen molar-refractivity contribution in [1.29, 1.82) is 0 Å². The van der Waals surface area contributed by atoms with Gasteiger partial charge in [-0.25, -0.2) is 0 Å². The van der Waals surface area contributed by atoms with Gasteiger partial charge in [-0.1, -0.05) is 0 Å². The number of fused-ring (bicyclic) bond motifs is 1. The van der Waals surface area contributed by atoms with Crippen LogP contribution in [-0.2, 0) is 19.1 Å². The Morgan fingerprint density at radius 3 is 2.30 bits per heavy atom. The van der Waals surface area contributed by atoms with Crippen LogP contribution in [0, 0.1) is 0 Å². The highest BCUT2D eigenvalue weighted by Crippen LogP contribution is 2.43. The molecular weight excluding hydrogens is 580 g/mol. The molecule has 2 heterocycles. The zero-order valence-corrected chi connectivity index (χ0v) is 22.3. The molecule has 2 aromatic carbocycles. The van der Waals surface area contributed by atoms with Gasteiger partial charge in [0, 0.05) is 17.7 Å². The van der Waals surface area contributed by atoms with Crippen molar-refractivity contribution in [2.24, 2.45) is 0 Å². The highest BCUT2D eigenvalue weighted by molar-refractivity contribution is 5.89. The standard InChI is InChI=1S/C27H28O16/c1-27(39,7-18(32)33)8-19(34)43-25-17(9-28)42-26(24(38)23(25)37)41-16-6-15-20(22(36)21(16)35)13(31)5-14(40-15)10-2-3-11(29)12(30)4-10/h2-6,17,23-26,28-30,35-39H,7-9H2,1H3,(H,32,33)/t17?,23-,24?,25-,26-,27?/m1/s1. The summed E-state index contributed by atoms with van der Waals surface area (Å²) >= 11 is 0. The Bertz CT molecular complexity index is 1590. The number of ether oxygens (including phenoxy) is 3. The van der Waals surface area contributed by atoms with E-state index in [1.54, 1.807) is 0 Å². The first-order valence-electron chi connectivity index (χ1n) is 12.6. The van der Waals surface area contributed by atoms with Crippen molar-refractivity contribution in [2.45, 2.75) is 56.1 Å². The summed E-state index contributed by atoms with van der Waals surface area (Å²) in [5.41, 5.74) is -2.98. The van der Waals surface area contributed by atoms with E-state index in [0.717, 1.165) is 31.2 Å². The number of benzene rings is 2. The molecule has 16 heteroatoms. The summed E-state index contributed by atoms with van der Waals surface area (Å²) in [4.78, 5) is 36.0. The van der Waals surface area contributed by atoms with Crippen LogP contribution in [0.25, 0.3) is 22.3 Å². The molecule has 0 bridgehead atoms. The van der Waals surface area contributed by atoms with E-state index in [1.807, 2.05) is 0 Å². The molecule has 16 nitrogen and oxygen atoms in total. The lowest BCUT2D eigenvalue weighted by atomic mass is 9.97. The Labute approximate surface area is 240 Å². The molecule has 1 aliphatic heterocycles. The van der Waals surface area contributed by atoms with Crippen LogP contribution in [0.2, 0.25) is 0 Å². The third-order valence-electron chi connectivity index (χ3n) is 6.58. The van der Waals surface area contributed by atoms with Gasteiger partial charge in [0.15, 0.2) is 34.5 Å². The number of carbonyl (C=O) groups excluding carboxylic acids is 1. The van der Waals surface area contributed by atoms with Gasteiger partial charge in [-0.05, 0) is 25.1 Å². The number of carbonyl (C=O) groups is 2. The van der Waals surface area contributed by atoms with Crippen LogP contribution in [-0.4, -0.2) is 101 Å². The second-order valence-electron chi connectivity index (χ2n) is 10.1. The summed E-state index contributed by atoms with van der Waals surface area (Å²) in [5, 5.41) is 90.0. The Balaban J connectivity index is 1.59. The van der Waals surface area contributed by atoms with E-state index in [4.69, 9.17) is 23.7 Å². The van der Waals surface area contributed by atoms with E-state index in [1.165, 1.54) is 6.07 Å². The number of esters is 1. The molecule has 9 N–H and O–H groups in total. The number of aliphatic hydroxyl groups is 4. The van der Waals surface area contributed by atoms with Crippen molar-refractivity contribution in [3.05, 3.63) is 40.6 Å². The topological polar surface area (TPSA) is 274 Å². The predicted molar refractivity (Wildman–Crippen MR) is 140 cm³/mol. The van der Waals surface area contributed by atoms with Crippen LogP contribution in [0.4, 0.5) is 0 Å². The quantitative estimate of drug-likeness (QED) is 0.111. The van der Waals surface area contributed by atoms with Gasteiger partial charge in [0.05, 0.1) is 25.0 Å². The van der Waals surface area contributed by atoms with Crippen LogP contribution in [0.15, 0.2) is 39.5 Å². The van der Waals surface area contributed by atoms with Crippen LogP contribution >= 0.6 is 0 Å². The molecule has 0 saturated carbocycles. The molecule has 1 aliphatic rings. The summed E-state index contributed by atoms with van der Waals surface area (Å²) in [7, 11) is 0. The number of rotatable bonds is 9. The third-order valence-corrected chi connectivity index (χ3v) is 6.58. The molecule has 0 spiro atoms. The zero-order chi connectivity index (χ0) is 31.8. The van der Waals surface area contributed by atoms with E-state index in [9.17, 15) is 55.2 Å². The van der Waals surface area contributed by atoms with Crippen LogP contribution < -0.4 is 10.2 Å². The smallest absolute Gasteiger partial charge is 0.309 e. The molecule has 6 atom stereocenters. The highest BCUT2D eigenvalue weighted by atomic mass is 16.7. The predicted octanol–water partition coefficient (Wildman–Crippen LogP) is -0.372. The molecule has 0 amide bonds. The van der Waals surface area contributed by atoms with E-state index in [-0.39, 0.29) is 16.9 Å². The van der Waals surface area contributed by atoms with Gasteiger partial charge < -0.3 is 64.6 Å². The van der Waals surface area contributed by atoms with Crippen molar-refractivity contribution >= 4 is 22.9 Å². The van der Waals surface area contributed by atoms with Gasteiger partial charge in [0.25, 0.3) is 0 Å². The fourth-order valence-corrected chi connectivity index (χ4v) is 4.49. The fourth-order valence-electron chi connectivity index (χ4n) is 4.49. The Morgan fingerprint density at radius 2 is 1.67 bits per heavy atom. The van der Waals surface area contributed by atoms with E-state index < -0.39 is 107 Å². The molecule has 4 rings (SSSR count). The second-order valence-corrected chi connectivity index (χ2v) is 10.1. The average Bonchev–Trinajstić information content (AvgIpc) is 2.91. The van der Waals surface area contributed by atoms with Crippen molar-refractivity contribution in [2.75, 3.05) is 6.61 Å². The third kappa shape index (κ3) is 6.58. The molecule has 1 aromatic heterocycles. The van der Waals surface area contributed by atoms with Gasteiger partial charge in [0.1, 0.15) is 35.0 Å². The summed E-state index contributed by atoms with van der Waals surface area (Å²) in [6.07, 6.45) is -10.7. The largest absolute Gasteiger partial charge is 0.504 e. The van der Waals surface area contributed by atoms with Crippen LogP contribution in [0.3, 0.4) is 0 Å². The van der Waals surface area contributed by atoms with E-state index in [0.29, 0.717) is 0 Å². The minimum Gasteiger partial charge on any atom is -0.504 e. The van der Waals surface area contributed by atoms with Crippen molar-refractivity contribution in [1.82, 2.24) is 0 Å². The molecule has 0 aliphatic carbocycles. The minimum absolute atomic E-state index is 0.111. The molecule has 43 heavy (non-hydrogen) atoms. The lowest BCUT2D eigenvalue weighted by Crippen LogP contribution is -2.61. The number of carboxylic acids is 1. The number of carboxylic acid groups (broad SMARTS) is 1. The fraction of sp³-hybridized carbons (Fsp3) is 0.370. The first kappa shape index (κ1) is 31.3. The highest BCUT2D eigenvalue weighted by Gasteiger charge is 2.48. The zero-order valence-electron chi connectivity index (χ0n) is 22.3. The second kappa shape index (κ2) is 11.9. The normalized spacial score (nSPS) is 23.4. The van der Waals surface area contributed by atoms with Gasteiger partial charge in [-0.3, -0.25) is 14.4 Å². The molecule has 232 valence electrons. The van der Waals surface area contributed by atoms with E-state index in [2.05, 4.69) is 0 Å². The van der Waals surface area contributed by atoms with Crippen molar-refractivity contribution in [3.63, 3.8) is 0 Å². The lowest BCUT2D eigenvalue weighted by molar-refractivity contribution is -0.282. The SMILES string of the molecule is CC(O)(CC(=O)O)CC(=O)O[C@@H]1C(CO)O[C@@H](Oc2cc3oc(-c4ccc(O)c(O)c4)cc(=O)c3c(O)c2O)C(O)[C@H]1O. The van der Waals surface area contributed by atoms with Gasteiger partial charge in [-0.2, -0.15) is 0 Å². The van der Waals surface area contributed by atoms with Crippen LogP contribution in [0.5, 0.6) is 28.7 Å². The first-order valence-corrected chi connectivity index (χ1v) is 12.6. The number of hydrogen-bond acceptors (Lipinski definition) is 15. The Morgan fingerprint density at radius 1 is 0.977 bits per heavy atom. The van der Waals surface area contributed by atoms with Gasteiger partial charge >= 0.3 is 11.9 Å². The summed E-state index contributed by atoms with van der Waals surface area (Å²) < 4.78 is 21.6. The summed E-state index contributed by atoms with van der Waals surface area (Å²) in [6.45, 7) is 0.184. The summed E-state index contributed by atoms with van der Waals surface area (Å²) in [5.74, 6) is -6.16. The number of aliphatic hydroxyl groups excluding tert-OH is 3. The van der Waals surface area contributed by atoms with Gasteiger partial charge in [-0.15, -0.1) is 0 Å². The number of phenolic OH excluding ortho intramolecular Hbond substituents is 4. The number of aliphatic carboxylic acids is 1. The van der Waals surface area contributed by atoms with Crippen molar-refractivity contribution < 1.29 is 74.2 Å². The monoisotopic (exact) mass is 608 g/mol. The summed E-state index contributed by atoms with van der Waals surface area (Å²) in [6, 6.07) is 5.51. The molecule has 3 unspecified atom stereocenters. The maximum absolute atomic E-state index is 12.7. The lowest BCUT2D eigenvalue weighted by Gasteiger charge is -2.41. The van der Waals surface area contributed by atoms with Crippen molar-refractivity contribution in [3.8, 4) is 40.1 Å². The Hall–Kier alpha value is -4.61. The number of hydrogen-bond donors (Lipinski definition) is 9. The average molecular weight is 609 g/mol. The Kier molecular flexibility index (Phi) is 8.70. The molecular formula is C27H28O16. The molecule has 0 radical (unpaired) electrons. The number of aromatic hydroxyl groups is 4. The van der Waals surface area contributed by atoms with E-state index >= 15 is 0 Å². The van der Waals surface area contributed by atoms with Gasteiger partial charge in [0.2, 0.25) is 12.0 Å². The minimum atomic E-state index is -2.00. The number of phenols is 4.